The number of hydrogen-bond acceptors (Lipinski definition) is 6. The lowest BCUT2D eigenvalue weighted by molar-refractivity contribution is -0.167. The van der Waals surface area contributed by atoms with Crippen molar-refractivity contribution >= 4 is 17.9 Å². The van der Waals surface area contributed by atoms with Gasteiger partial charge in [0.2, 0.25) is 0 Å². The molecule has 0 aliphatic carbocycles. The standard InChI is InChI=1S/C76H132O6/c1-4-7-10-13-16-19-22-25-28-29-30-31-32-33-34-35-36-37-38-39-40-41-42-43-44-45-46-47-49-51-54-57-60-63-66-69-75(78)81-72-73(71-80-74(77)68-65-62-59-56-53-50-27-24-21-18-15-12-9-6-3)82-76(79)70-67-64-61-58-55-52-48-26-23-20-17-14-11-8-5-2/h7-8,10-11,16-17,19-20,25-26,28,30-31,48,55,58,73H,4-6,9,12-15,18,21-24,27,29,32-47,49-54,56-57,59-72H2,1-3H3/b10-7-,11-8-,19-16-,20-17-,28-25-,31-30-,48-26-,58-55-. The topological polar surface area (TPSA) is 78.9 Å². The van der Waals surface area contributed by atoms with E-state index in [1.807, 2.05) is 0 Å². The SMILES string of the molecule is CC/C=C\C/C=C\C/C=C\C/C=C\CCCCCCCCCCCCCCCCCCCCCCCCC(=O)OCC(COC(=O)CCCCCCCCCCCCCCCC)OC(=O)CCCC/C=C\C/C=C\C/C=C\C/C=C\CC. The molecule has 0 aromatic heterocycles. The third-order valence-corrected chi connectivity index (χ3v) is 15.3. The maximum atomic E-state index is 12.9. The number of rotatable bonds is 64. The second-order valence-corrected chi connectivity index (χ2v) is 23.4. The van der Waals surface area contributed by atoms with Gasteiger partial charge in [0.15, 0.2) is 6.10 Å². The molecule has 0 heterocycles. The Kier molecular flexibility index (Phi) is 66.7. The molecule has 0 amide bonds. The second kappa shape index (κ2) is 69.8. The fourth-order valence-corrected chi connectivity index (χ4v) is 10.1. The summed E-state index contributed by atoms with van der Waals surface area (Å²) in [6.07, 6.45) is 94.6. The molecular formula is C76H132O6. The lowest BCUT2D eigenvalue weighted by Gasteiger charge is -2.18. The first-order valence-electron chi connectivity index (χ1n) is 35.2. The van der Waals surface area contributed by atoms with Crippen LogP contribution in [0.4, 0.5) is 0 Å². The molecule has 0 spiro atoms. The van der Waals surface area contributed by atoms with E-state index in [4.69, 9.17) is 14.2 Å². The predicted molar refractivity (Wildman–Crippen MR) is 357 cm³/mol. The lowest BCUT2D eigenvalue weighted by atomic mass is 10.0. The molecule has 0 rings (SSSR count). The van der Waals surface area contributed by atoms with Crippen LogP contribution in [0.1, 0.15) is 348 Å². The van der Waals surface area contributed by atoms with Crippen LogP contribution in [0.25, 0.3) is 0 Å². The Morgan fingerprint density at radius 3 is 0.768 bits per heavy atom. The molecule has 0 aromatic rings. The minimum absolute atomic E-state index is 0.0886. The van der Waals surface area contributed by atoms with Crippen molar-refractivity contribution < 1.29 is 28.6 Å². The summed E-state index contributed by atoms with van der Waals surface area (Å²) in [6.45, 7) is 6.42. The second-order valence-electron chi connectivity index (χ2n) is 23.4. The smallest absolute Gasteiger partial charge is 0.306 e. The summed E-state index contributed by atoms with van der Waals surface area (Å²) in [6, 6.07) is 0. The van der Waals surface area contributed by atoms with Gasteiger partial charge in [0.05, 0.1) is 0 Å². The van der Waals surface area contributed by atoms with E-state index in [1.54, 1.807) is 0 Å². The molecule has 0 N–H and O–H groups in total. The fraction of sp³-hybridized carbons (Fsp3) is 0.750. The number of carbonyl (C=O) groups excluding carboxylic acids is 3. The first kappa shape index (κ1) is 78.3. The van der Waals surface area contributed by atoms with Gasteiger partial charge in [-0.2, -0.15) is 0 Å². The molecule has 82 heavy (non-hydrogen) atoms. The Balaban J connectivity index is 4.12. The number of unbranched alkanes of at least 4 members (excludes halogenated alkanes) is 37. The normalized spacial score (nSPS) is 12.7. The van der Waals surface area contributed by atoms with E-state index in [-0.39, 0.29) is 37.5 Å². The van der Waals surface area contributed by atoms with E-state index >= 15 is 0 Å². The average molecular weight is 1140 g/mol. The molecule has 472 valence electrons. The van der Waals surface area contributed by atoms with Crippen molar-refractivity contribution in [1.29, 1.82) is 0 Å². The van der Waals surface area contributed by atoms with Crippen molar-refractivity contribution in [1.82, 2.24) is 0 Å². The van der Waals surface area contributed by atoms with Gasteiger partial charge in [-0.1, -0.05) is 330 Å². The Bertz CT molecular complexity index is 1590. The van der Waals surface area contributed by atoms with Crippen molar-refractivity contribution in [2.75, 3.05) is 13.2 Å². The van der Waals surface area contributed by atoms with E-state index in [0.29, 0.717) is 19.3 Å². The van der Waals surface area contributed by atoms with Crippen LogP contribution in [0.15, 0.2) is 97.2 Å². The molecule has 0 bridgehead atoms. The zero-order chi connectivity index (χ0) is 59.2. The monoisotopic (exact) mass is 1140 g/mol. The molecular weight excluding hydrogens is 1010 g/mol. The first-order chi connectivity index (χ1) is 40.5. The maximum absolute atomic E-state index is 12.9. The van der Waals surface area contributed by atoms with Crippen molar-refractivity contribution in [2.45, 2.75) is 354 Å². The number of allylic oxidation sites excluding steroid dienone is 16. The van der Waals surface area contributed by atoms with Crippen molar-refractivity contribution in [3.63, 3.8) is 0 Å². The molecule has 0 fully saturated rings. The molecule has 1 unspecified atom stereocenters. The van der Waals surface area contributed by atoms with Crippen LogP contribution in [0.5, 0.6) is 0 Å². The number of ether oxygens (including phenoxy) is 3. The Morgan fingerprint density at radius 2 is 0.476 bits per heavy atom. The van der Waals surface area contributed by atoms with Crippen LogP contribution in [-0.4, -0.2) is 37.2 Å². The highest BCUT2D eigenvalue weighted by Gasteiger charge is 2.19. The predicted octanol–water partition coefficient (Wildman–Crippen LogP) is 24.4. The summed E-state index contributed by atoms with van der Waals surface area (Å²) in [5.74, 6) is -0.913. The van der Waals surface area contributed by atoms with E-state index in [1.165, 1.54) is 199 Å². The quantitative estimate of drug-likeness (QED) is 0.0261. The van der Waals surface area contributed by atoms with Crippen LogP contribution >= 0.6 is 0 Å². The molecule has 6 heteroatoms. The van der Waals surface area contributed by atoms with E-state index < -0.39 is 6.10 Å². The highest BCUT2D eigenvalue weighted by Crippen LogP contribution is 2.18. The molecule has 0 radical (unpaired) electrons. The molecule has 1 atom stereocenters. The highest BCUT2D eigenvalue weighted by molar-refractivity contribution is 5.71. The minimum Gasteiger partial charge on any atom is -0.462 e. The molecule has 0 aliphatic heterocycles. The zero-order valence-electron chi connectivity index (χ0n) is 54.2. The van der Waals surface area contributed by atoms with Gasteiger partial charge in [-0.25, -0.2) is 0 Å². The average Bonchev–Trinajstić information content (AvgIpc) is 3.48. The molecule has 6 nitrogen and oxygen atoms in total. The molecule has 0 saturated heterocycles. The highest BCUT2D eigenvalue weighted by atomic mass is 16.6. The summed E-state index contributed by atoms with van der Waals surface area (Å²) in [7, 11) is 0. The fourth-order valence-electron chi connectivity index (χ4n) is 10.1. The molecule has 0 aliphatic rings. The van der Waals surface area contributed by atoms with Gasteiger partial charge in [-0.3, -0.25) is 14.4 Å². The molecule has 0 saturated carbocycles. The van der Waals surface area contributed by atoms with Crippen LogP contribution in [0.3, 0.4) is 0 Å². The van der Waals surface area contributed by atoms with E-state index in [2.05, 4.69) is 118 Å². The van der Waals surface area contributed by atoms with Gasteiger partial charge < -0.3 is 14.2 Å². The summed E-state index contributed by atoms with van der Waals surface area (Å²) in [5.41, 5.74) is 0. The number of esters is 3. The Hall–Kier alpha value is -3.67. The van der Waals surface area contributed by atoms with Crippen LogP contribution in [0.2, 0.25) is 0 Å². The van der Waals surface area contributed by atoms with Gasteiger partial charge in [0.1, 0.15) is 13.2 Å². The number of hydrogen-bond donors (Lipinski definition) is 0. The Labute approximate surface area is 508 Å². The van der Waals surface area contributed by atoms with Crippen molar-refractivity contribution in [3.8, 4) is 0 Å². The summed E-state index contributed by atoms with van der Waals surface area (Å²) in [4.78, 5) is 38.3. The Morgan fingerprint density at radius 1 is 0.256 bits per heavy atom. The van der Waals surface area contributed by atoms with Crippen molar-refractivity contribution in [3.05, 3.63) is 97.2 Å². The van der Waals surface area contributed by atoms with Gasteiger partial charge >= 0.3 is 17.9 Å². The van der Waals surface area contributed by atoms with Gasteiger partial charge in [-0.15, -0.1) is 0 Å². The van der Waals surface area contributed by atoms with E-state index in [9.17, 15) is 14.4 Å². The zero-order valence-corrected chi connectivity index (χ0v) is 54.2. The third kappa shape index (κ3) is 67.1. The molecule has 0 aromatic carbocycles. The summed E-state index contributed by atoms with van der Waals surface area (Å²) >= 11 is 0. The van der Waals surface area contributed by atoms with Gasteiger partial charge in [0, 0.05) is 19.3 Å². The summed E-state index contributed by atoms with van der Waals surface area (Å²) < 4.78 is 16.9. The van der Waals surface area contributed by atoms with Crippen LogP contribution in [-0.2, 0) is 28.6 Å². The van der Waals surface area contributed by atoms with Gasteiger partial charge in [-0.05, 0) is 96.3 Å². The lowest BCUT2D eigenvalue weighted by Crippen LogP contribution is -2.30. The maximum Gasteiger partial charge on any atom is 0.306 e. The minimum atomic E-state index is -0.796. The van der Waals surface area contributed by atoms with Crippen LogP contribution in [0, 0.1) is 0 Å². The number of carbonyl (C=O) groups is 3. The first-order valence-corrected chi connectivity index (χ1v) is 35.2. The largest absolute Gasteiger partial charge is 0.462 e. The summed E-state index contributed by atoms with van der Waals surface area (Å²) in [5, 5.41) is 0. The van der Waals surface area contributed by atoms with Crippen molar-refractivity contribution in [2.24, 2.45) is 0 Å². The van der Waals surface area contributed by atoms with Gasteiger partial charge in [0.25, 0.3) is 0 Å². The van der Waals surface area contributed by atoms with E-state index in [0.717, 1.165) is 103 Å². The van der Waals surface area contributed by atoms with Crippen LogP contribution < -0.4 is 0 Å². The third-order valence-electron chi connectivity index (χ3n) is 15.3.